The fourth-order valence-electron chi connectivity index (χ4n) is 4.69. The van der Waals surface area contributed by atoms with E-state index >= 15 is 0 Å². The van der Waals surface area contributed by atoms with Gasteiger partial charge in [0.2, 0.25) is 0 Å². The molecule has 2 aliphatic rings. The Labute approximate surface area is 227 Å². The number of Topliss-reactive ketones (excluding diaryl/α,β-unsaturated/α-hetero) is 1. The summed E-state index contributed by atoms with van der Waals surface area (Å²) in [6, 6.07) is 3.53. The molecule has 198 valence electrons. The van der Waals surface area contributed by atoms with Crippen LogP contribution in [-0.4, -0.2) is 66.3 Å². The smallest absolute Gasteiger partial charge is 0.163 e. The van der Waals surface area contributed by atoms with Crippen LogP contribution >= 0.6 is 27.3 Å². The van der Waals surface area contributed by atoms with Crippen LogP contribution < -0.4 is 5.32 Å². The molecule has 1 fully saturated rings. The number of piperidine rings is 1. The average molecular weight is 596 g/mol. The number of hydrogen-bond donors (Lipinski definition) is 1. The van der Waals surface area contributed by atoms with E-state index in [0.717, 1.165) is 0 Å². The Kier molecular flexibility index (Phi) is 9.69. The first-order valence-electron chi connectivity index (χ1n) is 12.3. The Balaban J connectivity index is 1.78. The molecular formula is C26H29BrF2N4O3S. The number of rotatable bonds is 11. The number of nitrogens with one attached hydrogen (secondary N) is 1. The monoisotopic (exact) mass is 594 g/mol. The number of carbonyl (C=O) groups is 2. The summed E-state index contributed by atoms with van der Waals surface area (Å²) in [4.78, 5) is 35.5. The lowest BCUT2D eigenvalue weighted by Gasteiger charge is -2.39. The van der Waals surface area contributed by atoms with Crippen molar-refractivity contribution in [3.63, 3.8) is 0 Å². The highest BCUT2D eigenvalue weighted by atomic mass is 79.9. The van der Waals surface area contributed by atoms with Crippen LogP contribution in [0.3, 0.4) is 0 Å². The van der Waals surface area contributed by atoms with Gasteiger partial charge in [-0.05, 0) is 37.0 Å². The maximum absolute atomic E-state index is 14.5. The Morgan fingerprint density at radius 1 is 1.38 bits per heavy atom. The molecule has 1 aromatic carbocycles. The number of alkyl halides is 1. The number of ketones is 1. The lowest BCUT2D eigenvalue weighted by Crippen LogP contribution is -2.49. The van der Waals surface area contributed by atoms with Gasteiger partial charge in [-0.2, -0.15) is 0 Å². The van der Waals surface area contributed by atoms with Crippen molar-refractivity contribution >= 4 is 45.2 Å². The molecule has 2 aliphatic heterocycles. The van der Waals surface area contributed by atoms with Crippen LogP contribution in [0.25, 0.3) is 0 Å². The number of aldehydes is 1. The topological polar surface area (TPSA) is 83.9 Å². The lowest BCUT2D eigenvalue weighted by atomic mass is 9.90. The van der Waals surface area contributed by atoms with E-state index in [4.69, 9.17) is 9.73 Å². The number of thiazole rings is 1. The molecule has 7 nitrogen and oxygen atoms in total. The molecule has 37 heavy (non-hydrogen) atoms. The zero-order valence-electron chi connectivity index (χ0n) is 20.5. The van der Waals surface area contributed by atoms with E-state index in [1.807, 2.05) is 17.2 Å². The molecule has 3 atom stereocenters. The Morgan fingerprint density at radius 3 is 2.92 bits per heavy atom. The third-order valence-electron chi connectivity index (χ3n) is 6.41. The van der Waals surface area contributed by atoms with E-state index in [1.165, 1.54) is 23.5 Å². The SMILES string of the molecule is CCCC(=O)C1=C(CN2CC(F)CCC2COCC=O)NC(c2nccs2)=N[C@H]1c1ccc(F)cc1Br. The van der Waals surface area contributed by atoms with Gasteiger partial charge < -0.3 is 14.8 Å². The third kappa shape index (κ3) is 6.76. The molecule has 4 rings (SSSR count). The summed E-state index contributed by atoms with van der Waals surface area (Å²) in [5.74, 6) is 0.0253. The van der Waals surface area contributed by atoms with Gasteiger partial charge in [-0.15, -0.1) is 11.3 Å². The molecule has 1 N–H and O–H groups in total. The minimum atomic E-state index is -1.00. The van der Waals surface area contributed by atoms with E-state index in [2.05, 4.69) is 26.2 Å². The number of carbonyl (C=O) groups excluding carboxylic acids is 2. The summed E-state index contributed by atoms with van der Waals surface area (Å²) in [5.41, 5.74) is 1.75. The lowest BCUT2D eigenvalue weighted by molar-refractivity contribution is -0.116. The standard InChI is InChI=1S/C26H29BrF2N4O3S/c1-2-3-22(35)23-21(14-33-13-17(29)4-6-18(33)15-36-10-9-34)31-25(26-30-8-11-37-26)32-24(23)19-7-5-16(28)12-20(19)27/h5,7-9,11-12,17-18,24H,2-4,6,10,13-15H2,1H3,(H,31,32)/t17?,18?,24-/m0/s1. The van der Waals surface area contributed by atoms with Crippen molar-refractivity contribution < 1.29 is 23.1 Å². The summed E-state index contributed by atoms with van der Waals surface area (Å²) >= 11 is 4.86. The maximum atomic E-state index is 14.5. The van der Waals surface area contributed by atoms with Crippen molar-refractivity contribution in [3.8, 4) is 0 Å². The van der Waals surface area contributed by atoms with E-state index in [9.17, 15) is 18.4 Å². The van der Waals surface area contributed by atoms with Crippen LogP contribution in [-0.2, 0) is 14.3 Å². The molecule has 0 radical (unpaired) electrons. The zero-order valence-corrected chi connectivity index (χ0v) is 22.9. The molecular weight excluding hydrogens is 566 g/mol. The number of benzene rings is 1. The number of amidine groups is 1. The highest BCUT2D eigenvalue weighted by Crippen LogP contribution is 2.38. The van der Waals surface area contributed by atoms with Crippen LogP contribution in [0.5, 0.6) is 0 Å². The number of halogens is 3. The predicted octanol–water partition coefficient (Wildman–Crippen LogP) is 4.78. The van der Waals surface area contributed by atoms with Crippen LogP contribution in [0.1, 0.15) is 49.2 Å². The molecule has 0 saturated carbocycles. The molecule has 0 spiro atoms. The highest BCUT2D eigenvalue weighted by molar-refractivity contribution is 9.10. The largest absolute Gasteiger partial charge is 0.372 e. The van der Waals surface area contributed by atoms with Gasteiger partial charge >= 0.3 is 0 Å². The molecule has 3 heterocycles. The Morgan fingerprint density at radius 2 is 2.22 bits per heavy atom. The number of aliphatic imine (C=N–C) groups is 1. The van der Waals surface area contributed by atoms with Crippen molar-refractivity contribution in [2.75, 3.05) is 26.3 Å². The van der Waals surface area contributed by atoms with Crippen LogP contribution in [0.15, 0.2) is 50.5 Å². The molecule has 0 bridgehead atoms. The normalized spacial score (nSPS) is 22.5. The van der Waals surface area contributed by atoms with E-state index in [-0.39, 0.29) is 38.1 Å². The molecule has 1 aromatic heterocycles. The quantitative estimate of drug-likeness (QED) is 0.298. The minimum Gasteiger partial charge on any atom is -0.372 e. The number of ether oxygens (including phenoxy) is 1. The van der Waals surface area contributed by atoms with E-state index in [1.54, 1.807) is 12.3 Å². The van der Waals surface area contributed by atoms with Gasteiger partial charge in [0.15, 0.2) is 16.6 Å². The second-order valence-electron chi connectivity index (χ2n) is 9.04. The summed E-state index contributed by atoms with van der Waals surface area (Å²) in [6.45, 7) is 2.65. The third-order valence-corrected chi connectivity index (χ3v) is 7.88. The molecule has 0 aliphatic carbocycles. The number of likely N-dealkylation sites (tertiary alicyclic amines) is 1. The summed E-state index contributed by atoms with van der Waals surface area (Å²) in [6.07, 6.45) is 3.31. The summed E-state index contributed by atoms with van der Waals surface area (Å²) < 4.78 is 34.5. The number of nitrogens with zero attached hydrogens (tertiary/aromatic N) is 3. The predicted molar refractivity (Wildman–Crippen MR) is 142 cm³/mol. The first-order valence-corrected chi connectivity index (χ1v) is 13.9. The fraction of sp³-hybridized carbons (Fsp3) is 0.462. The van der Waals surface area contributed by atoms with Crippen molar-refractivity contribution in [2.24, 2.45) is 4.99 Å². The van der Waals surface area contributed by atoms with Gasteiger partial charge in [-0.25, -0.2) is 13.8 Å². The first kappa shape index (κ1) is 27.7. The Hall–Kier alpha value is -2.34. The second-order valence-corrected chi connectivity index (χ2v) is 10.8. The van der Waals surface area contributed by atoms with E-state index in [0.29, 0.717) is 64.1 Å². The molecule has 2 unspecified atom stereocenters. The summed E-state index contributed by atoms with van der Waals surface area (Å²) in [5, 5.41) is 5.82. The zero-order chi connectivity index (χ0) is 26.4. The second kappa shape index (κ2) is 12.9. The molecule has 11 heteroatoms. The van der Waals surface area contributed by atoms with Gasteiger partial charge in [0, 0.05) is 52.9 Å². The maximum Gasteiger partial charge on any atom is 0.163 e. The average Bonchev–Trinajstić information content (AvgIpc) is 3.40. The van der Waals surface area contributed by atoms with Crippen LogP contribution in [0.4, 0.5) is 8.78 Å². The van der Waals surface area contributed by atoms with Crippen molar-refractivity contribution in [1.82, 2.24) is 15.2 Å². The van der Waals surface area contributed by atoms with Gasteiger partial charge in [0.1, 0.15) is 30.9 Å². The van der Waals surface area contributed by atoms with Crippen molar-refractivity contribution in [1.29, 1.82) is 0 Å². The number of aromatic nitrogens is 1. The number of hydrogen-bond acceptors (Lipinski definition) is 8. The van der Waals surface area contributed by atoms with Gasteiger partial charge in [0.25, 0.3) is 0 Å². The van der Waals surface area contributed by atoms with Gasteiger partial charge in [0.05, 0.1) is 6.61 Å². The highest BCUT2D eigenvalue weighted by Gasteiger charge is 2.35. The first-order chi connectivity index (χ1) is 17.9. The molecule has 1 saturated heterocycles. The molecule has 2 aromatic rings. The van der Waals surface area contributed by atoms with E-state index < -0.39 is 18.0 Å². The Bertz CT molecular complexity index is 1170. The summed E-state index contributed by atoms with van der Waals surface area (Å²) in [7, 11) is 0. The van der Waals surface area contributed by atoms with Crippen LogP contribution in [0, 0.1) is 5.82 Å². The van der Waals surface area contributed by atoms with Crippen molar-refractivity contribution in [3.05, 3.63) is 61.9 Å². The molecule has 0 amide bonds. The van der Waals surface area contributed by atoms with Crippen LogP contribution in [0.2, 0.25) is 0 Å². The van der Waals surface area contributed by atoms with Crippen molar-refractivity contribution in [2.45, 2.75) is 50.9 Å². The van der Waals surface area contributed by atoms with Gasteiger partial charge in [-0.1, -0.05) is 28.9 Å². The minimum absolute atomic E-state index is 0.0217. The van der Waals surface area contributed by atoms with Gasteiger partial charge in [-0.3, -0.25) is 14.7 Å². The fourth-order valence-corrected chi connectivity index (χ4v) is 5.85.